The maximum atomic E-state index is 11.6. The lowest BCUT2D eigenvalue weighted by molar-refractivity contribution is 0.384. The standard InChI is InChI=1S/C7H17N3O2S2/c1-4-9-14(11,12)10(6(2)3)5-7(8)13/h6,9H,4-5H2,1-3H3,(H2,8,13). The van der Waals surface area contributed by atoms with E-state index in [0.717, 1.165) is 0 Å². The van der Waals surface area contributed by atoms with E-state index in [4.69, 9.17) is 5.73 Å². The lowest BCUT2D eigenvalue weighted by Crippen LogP contribution is -2.47. The molecule has 0 fully saturated rings. The molecule has 0 saturated carbocycles. The second-order valence-electron chi connectivity index (χ2n) is 3.11. The zero-order valence-corrected chi connectivity index (χ0v) is 10.3. The zero-order valence-electron chi connectivity index (χ0n) is 8.65. The smallest absolute Gasteiger partial charge is 0.280 e. The van der Waals surface area contributed by atoms with E-state index in [-0.39, 0.29) is 17.6 Å². The molecule has 84 valence electrons. The average Bonchev–Trinajstić information content (AvgIpc) is 1.99. The van der Waals surface area contributed by atoms with E-state index >= 15 is 0 Å². The zero-order chi connectivity index (χ0) is 11.4. The van der Waals surface area contributed by atoms with Crippen LogP contribution in [0, 0.1) is 0 Å². The molecule has 0 heterocycles. The predicted molar refractivity (Wildman–Crippen MR) is 61.2 cm³/mol. The fourth-order valence-corrected chi connectivity index (χ4v) is 2.58. The molecule has 0 aromatic heterocycles. The van der Waals surface area contributed by atoms with Crippen LogP contribution in [-0.2, 0) is 10.2 Å². The molecular formula is C7H17N3O2S2. The molecule has 7 heteroatoms. The van der Waals surface area contributed by atoms with Crippen molar-refractivity contribution in [2.75, 3.05) is 13.1 Å². The largest absolute Gasteiger partial charge is 0.392 e. The normalized spacial score (nSPS) is 12.4. The van der Waals surface area contributed by atoms with Gasteiger partial charge in [0.05, 0.1) is 11.5 Å². The molecule has 0 rings (SSSR count). The van der Waals surface area contributed by atoms with Crippen LogP contribution >= 0.6 is 12.2 Å². The van der Waals surface area contributed by atoms with E-state index in [1.807, 2.05) is 0 Å². The number of rotatable bonds is 6. The maximum Gasteiger partial charge on any atom is 0.280 e. The van der Waals surface area contributed by atoms with Gasteiger partial charge in [0.15, 0.2) is 0 Å². The highest BCUT2D eigenvalue weighted by atomic mass is 32.2. The Kier molecular flexibility index (Phi) is 5.50. The summed E-state index contributed by atoms with van der Waals surface area (Å²) in [6.45, 7) is 5.68. The van der Waals surface area contributed by atoms with Gasteiger partial charge in [0.25, 0.3) is 10.2 Å². The summed E-state index contributed by atoms with van der Waals surface area (Å²) in [6, 6.07) is -0.166. The van der Waals surface area contributed by atoms with Gasteiger partial charge in [-0.05, 0) is 13.8 Å². The topological polar surface area (TPSA) is 75.4 Å². The Balaban J connectivity index is 4.73. The molecule has 0 amide bonds. The van der Waals surface area contributed by atoms with Crippen LogP contribution in [0.5, 0.6) is 0 Å². The van der Waals surface area contributed by atoms with Crippen LogP contribution in [0.15, 0.2) is 0 Å². The summed E-state index contributed by atoms with van der Waals surface area (Å²) in [5, 5.41) is 0. The van der Waals surface area contributed by atoms with E-state index in [1.54, 1.807) is 20.8 Å². The Morgan fingerprint density at radius 1 is 1.57 bits per heavy atom. The Labute approximate surface area is 90.8 Å². The molecule has 0 atom stereocenters. The summed E-state index contributed by atoms with van der Waals surface area (Å²) in [5.41, 5.74) is 5.32. The van der Waals surface area contributed by atoms with E-state index in [1.165, 1.54) is 4.31 Å². The van der Waals surface area contributed by atoms with Crippen molar-refractivity contribution in [2.45, 2.75) is 26.8 Å². The molecule has 0 saturated heterocycles. The van der Waals surface area contributed by atoms with E-state index in [2.05, 4.69) is 16.9 Å². The van der Waals surface area contributed by atoms with Crippen molar-refractivity contribution in [3.8, 4) is 0 Å². The molecule has 14 heavy (non-hydrogen) atoms. The molecule has 0 radical (unpaired) electrons. The van der Waals surface area contributed by atoms with Crippen LogP contribution in [0.4, 0.5) is 0 Å². The first kappa shape index (κ1) is 13.8. The fourth-order valence-electron chi connectivity index (χ4n) is 0.964. The minimum Gasteiger partial charge on any atom is -0.392 e. The quantitative estimate of drug-likeness (QED) is 0.631. The lowest BCUT2D eigenvalue weighted by Gasteiger charge is -2.24. The number of hydrogen-bond acceptors (Lipinski definition) is 3. The van der Waals surface area contributed by atoms with Crippen LogP contribution < -0.4 is 10.5 Å². The Bertz CT molecular complexity index is 287. The maximum absolute atomic E-state index is 11.6. The SMILES string of the molecule is CCNS(=O)(=O)N(CC(N)=S)C(C)C. The molecule has 0 unspecified atom stereocenters. The summed E-state index contributed by atoms with van der Waals surface area (Å²) in [7, 11) is -3.45. The molecule has 0 aromatic carbocycles. The van der Waals surface area contributed by atoms with Crippen molar-refractivity contribution in [2.24, 2.45) is 5.73 Å². The Hall–Kier alpha value is -0.240. The fraction of sp³-hybridized carbons (Fsp3) is 0.857. The Morgan fingerprint density at radius 2 is 2.07 bits per heavy atom. The number of thiocarbonyl (C=S) groups is 1. The van der Waals surface area contributed by atoms with Gasteiger partial charge in [-0.3, -0.25) is 0 Å². The molecule has 0 aliphatic rings. The van der Waals surface area contributed by atoms with Crippen molar-refractivity contribution < 1.29 is 8.42 Å². The van der Waals surface area contributed by atoms with Crippen molar-refractivity contribution >= 4 is 27.4 Å². The minimum absolute atomic E-state index is 0.0718. The Morgan fingerprint density at radius 3 is 2.36 bits per heavy atom. The van der Waals surface area contributed by atoms with Gasteiger partial charge in [-0.25, -0.2) is 4.72 Å². The highest BCUT2D eigenvalue weighted by molar-refractivity contribution is 7.87. The summed E-state index contributed by atoms with van der Waals surface area (Å²) < 4.78 is 26.8. The van der Waals surface area contributed by atoms with Crippen LogP contribution in [0.25, 0.3) is 0 Å². The van der Waals surface area contributed by atoms with Gasteiger partial charge in [0.1, 0.15) is 0 Å². The van der Waals surface area contributed by atoms with Crippen molar-refractivity contribution in [1.82, 2.24) is 9.03 Å². The third kappa shape index (κ3) is 4.32. The molecule has 0 aliphatic carbocycles. The number of hydrogen-bond donors (Lipinski definition) is 2. The second kappa shape index (κ2) is 5.59. The molecule has 5 nitrogen and oxygen atoms in total. The van der Waals surface area contributed by atoms with Crippen LogP contribution in [0.2, 0.25) is 0 Å². The average molecular weight is 239 g/mol. The van der Waals surface area contributed by atoms with Crippen LogP contribution in [-0.4, -0.2) is 36.8 Å². The van der Waals surface area contributed by atoms with Gasteiger partial charge in [0, 0.05) is 12.6 Å². The highest BCUT2D eigenvalue weighted by Gasteiger charge is 2.24. The summed E-state index contributed by atoms with van der Waals surface area (Å²) in [5.74, 6) is 0. The second-order valence-corrected chi connectivity index (χ2v) is 5.34. The van der Waals surface area contributed by atoms with Crippen molar-refractivity contribution in [3.63, 3.8) is 0 Å². The van der Waals surface area contributed by atoms with Crippen molar-refractivity contribution in [3.05, 3.63) is 0 Å². The number of nitrogens with two attached hydrogens (primary N) is 1. The van der Waals surface area contributed by atoms with Gasteiger partial charge < -0.3 is 5.73 Å². The third-order valence-electron chi connectivity index (χ3n) is 1.52. The number of nitrogens with one attached hydrogen (secondary N) is 1. The monoisotopic (exact) mass is 239 g/mol. The van der Waals surface area contributed by atoms with E-state index < -0.39 is 10.2 Å². The number of nitrogens with zero attached hydrogens (tertiary/aromatic N) is 1. The predicted octanol–water partition coefficient (Wildman–Crippen LogP) is -0.163. The van der Waals surface area contributed by atoms with E-state index in [0.29, 0.717) is 6.54 Å². The van der Waals surface area contributed by atoms with Crippen molar-refractivity contribution in [1.29, 1.82) is 0 Å². The molecule has 0 aliphatic heterocycles. The van der Waals surface area contributed by atoms with Crippen LogP contribution in [0.1, 0.15) is 20.8 Å². The van der Waals surface area contributed by atoms with Crippen LogP contribution in [0.3, 0.4) is 0 Å². The molecule has 3 N–H and O–H groups in total. The first-order valence-electron chi connectivity index (χ1n) is 4.36. The van der Waals surface area contributed by atoms with Gasteiger partial charge in [-0.2, -0.15) is 12.7 Å². The summed E-state index contributed by atoms with van der Waals surface area (Å²) in [4.78, 5) is 0.167. The third-order valence-corrected chi connectivity index (χ3v) is 3.47. The van der Waals surface area contributed by atoms with Gasteiger partial charge >= 0.3 is 0 Å². The molecule has 0 spiro atoms. The lowest BCUT2D eigenvalue weighted by atomic mass is 10.4. The first-order chi connectivity index (χ1) is 6.31. The summed E-state index contributed by atoms with van der Waals surface area (Å²) >= 11 is 4.69. The first-order valence-corrected chi connectivity index (χ1v) is 6.20. The van der Waals surface area contributed by atoms with E-state index in [9.17, 15) is 8.42 Å². The minimum atomic E-state index is -3.45. The van der Waals surface area contributed by atoms with Gasteiger partial charge in [-0.15, -0.1) is 0 Å². The van der Waals surface area contributed by atoms with Gasteiger partial charge in [0.2, 0.25) is 0 Å². The molecule has 0 bridgehead atoms. The molecule has 0 aromatic rings. The highest BCUT2D eigenvalue weighted by Crippen LogP contribution is 2.04. The summed E-state index contributed by atoms with van der Waals surface area (Å²) in [6.07, 6.45) is 0. The van der Waals surface area contributed by atoms with Gasteiger partial charge in [-0.1, -0.05) is 19.1 Å². The molecular weight excluding hydrogens is 222 g/mol.